The smallest absolute Gasteiger partial charge is 0.267 e. The molecular weight excluding hydrogens is 510 g/mol. The molecule has 0 unspecified atom stereocenters. The lowest BCUT2D eigenvalue weighted by Crippen LogP contribution is -2.31. The van der Waals surface area contributed by atoms with Crippen molar-refractivity contribution in [2.75, 3.05) is 31.2 Å². The number of benzene rings is 1. The van der Waals surface area contributed by atoms with Crippen LogP contribution in [0.5, 0.6) is 0 Å². The number of aromatic nitrogens is 5. The highest BCUT2D eigenvalue weighted by Crippen LogP contribution is 2.28. The van der Waals surface area contributed by atoms with Gasteiger partial charge in [-0.05, 0) is 36.2 Å². The van der Waals surface area contributed by atoms with Crippen LogP contribution in [-0.4, -0.2) is 75.2 Å². The number of fused-ring (bicyclic) bond motifs is 1. The first kappa shape index (κ1) is 24.7. The molecule has 4 aromatic rings. The van der Waals surface area contributed by atoms with Crippen LogP contribution in [0.4, 0.5) is 14.7 Å². The summed E-state index contributed by atoms with van der Waals surface area (Å²) in [7, 11) is -3.94. The molecule has 5 rings (SSSR count). The number of anilines is 1. The number of nitrogens with one attached hydrogen (secondary N) is 1. The van der Waals surface area contributed by atoms with E-state index in [0.717, 1.165) is 15.0 Å². The zero-order valence-electron chi connectivity index (χ0n) is 19.3. The molecule has 0 saturated carbocycles. The number of rotatable bonds is 8. The van der Waals surface area contributed by atoms with E-state index in [1.807, 2.05) is 0 Å². The minimum absolute atomic E-state index is 0.0243. The molecule has 0 atom stereocenters. The Bertz CT molecular complexity index is 1540. The molecule has 194 valence electrons. The molecule has 1 saturated heterocycles. The third-order valence-electron chi connectivity index (χ3n) is 5.77. The summed E-state index contributed by atoms with van der Waals surface area (Å²) in [5.41, 5.74) is 7.03. The second-order valence-electron chi connectivity index (χ2n) is 8.53. The van der Waals surface area contributed by atoms with Crippen molar-refractivity contribution >= 4 is 27.5 Å². The SMILES string of the molecule is Nc1nc(S(=O)(=O)CNCCc2ccc(C(=O)N3CCC(F)(F)C3)cc2)nc2nc(-c3ccco3)nn12. The van der Waals surface area contributed by atoms with E-state index in [0.29, 0.717) is 24.3 Å². The monoisotopic (exact) mass is 532 g/mol. The molecule has 0 spiro atoms. The molecule has 0 radical (unpaired) electrons. The first-order valence-electron chi connectivity index (χ1n) is 11.2. The zero-order valence-corrected chi connectivity index (χ0v) is 20.2. The Morgan fingerprint density at radius 3 is 2.62 bits per heavy atom. The number of alkyl halides is 2. The Kier molecular flexibility index (Phi) is 6.33. The Morgan fingerprint density at radius 1 is 1.16 bits per heavy atom. The number of carbonyl (C=O) groups is 1. The van der Waals surface area contributed by atoms with Crippen molar-refractivity contribution in [3.8, 4) is 11.6 Å². The Balaban J connectivity index is 1.17. The van der Waals surface area contributed by atoms with Crippen molar-refractivity contribution in [3.63, 3.8) is 0 Å². The van der Waals surface area contributed by atoms with Crippen LogP contribution in [0.3, 0.4) is 0 Å². The maximum Gasteiger partial charge on any atom is 0.267 e. The fourth-order valence-electron chi connectivity index (χ4n) is 3.84. The number of furan rings is 1. The largest absolute Gasteiger partial charge is 0.461 e. The predicted octanol–water partition coefficient (Wildman–Crippen LogP) is 1.41. The Hall–Kier alpha value is -3.98. The molecule has 3 N–H and O–H groups in total. The number of hydrogen-bond donors (Lipinski definition) is 2. The topological polar surface area (TPSA) is 162 Å². The summed E-state index contributed by atoms with van der Waals surface area (Å²) < 4.78 is 58.6. The normalized spacial score (nSPS) is 15.5. The van der Waals surface area contributed by atoms with Gasteiger partial charge in [0.2, 0.25) is 21.6 Å². The van der Waals surface area contributed by atoms with Crippen molar-refractivity contribution in [1.82, 2.24) is 34.8 Å². The van der Waals surface area contributed by atoms with Gasteiger partial charge in [-0.2, -0.15) is 19.5 Å². The van der Waals surface area contributed by atoms with E-state index in [9.17, 15) is 22.0 Å². The molecule has 4 heterocycles. The third kappa shape index (κ3) is 5.27. The van der Waals surface area contributed by atoms with Gasteiger partial charge in [-0.3, -0.25) is 4.79 Å². The van der Waals surface area contributed by atoms with E-state index in [1.54, 1.807) is 36.4 Å². The van der Waals surface area contributed by atoms with E-state index < -0.39 is 39.2 Å². The number of halogens is 2. The van der Waals surface area contributed by atoms with Crippen LogP contribution < -0.4 is 11.1 Å². The van der Waals surface area contributed by atoms with Crippen LogP contribution in [0.15, 0.2) is 52.2 Å². The van der Waals surface area contributed by atoms with Crippen molar-refractivity contribution < 1.29 is 26.4 Å². The number of carbonyl (C=O) groups excluding carboxylic acids is 1. The fourth-order valence-corrected chi connectivity index (χ4v) is 4.84. The quantitative estimate of drug-likeness (QED) is 0.317. The van der Waals surface area contributed by atoms with Gasteiger partial charge in [-0.25, -0.2) is 17.2 Å². The molecule has 1 amide bonds. The van der Waals surface area contributed by atoms with Gasteiger partial charge in [-0.15, -0.1) is 5.10 Å². The van der Waals surface area contributed by atoms with Gasteiger partial charge in [0.05, 0.1) is 12.8 Å². The van der Waals surface area contributed by atoms with Gasteiger partial charge in [0.25, 0.3) is 22.8 Å². The van der Waals surface area contributed by atoms with Crippen molar-refractivity contribution in [2.45, 2.75) is 23.9 Å². The van der Waals surface area contributed by atoms with E-state index in [1.165, 1.54) is 6.26 Å². The number of nitrogens with two attached hydrogens (primary N) is 1. The highest BCUT2D eigenvalue weighted by molar-refractivity contribution is 7.91. The maximum absolute atomic E-state index is 13.4. The fraction of sp³-hybridized carbons (Fsp3) is 0.318. The number of nitrogens with zero attached hydrogens (tertiary/aromatic N) is 6. The van der Waals surface area contributed by atoms with E-state index >= 15 is 0 Å². The van der Waals surface area contributed by atoms with Gasteiger partial charge in [0, 0.05) is 25.1 Å². The molecule has 0 bridgehead atoms. The van der Waals surface area contributed by atoms with Crippen LogP contribution in [-0.2, 0) is 16.3 Å². The summed E-state index contributed by atoms with van der Waals surface area (Å²) in [6, 6.07) is 9.86. The molecule has 12 nitrogen and oxygen atoms in total. The van der Waals surface area contributed by atoms with Crippen molar-refractivity contribution in [1.29, 1.82) is 0 Å². The molecule has 15 heteroatoms. The number of nitrogen functional groups attached to an aromatic ring is 1. The number of amides is 1. The van der Waals surface area contributed by atoms with Crippen molar-refractivity contribution in [2.24, 2.45) is 0 Å². The zero-order chi connectivity index (χ0) is 26.2. The molecule has 0 aliphatic carbocycles. The van der Waals surface area contributed by atoms with Crippen LogP contribution in [0, 0.1) is 0 Å². The summed E-state index contributed by atoms with van der Waals surface area (Å²) in [4.78, 5) is 25.5. The second-order valence-corrected chi connectivity index (χ2v) is 10.4. The van der Waals surface area contributed by atoms with Gasteiger partial charge in [-0.1, -0.05) is 12.1 Å². The van der Waals surface area contributed by atoms with Crippen LogP contribution in [0.1, 0.15) is 22.3 Å². The van der Waals surface area contributed by atoms with Gasteiger partial charge >= 0.3 is 0 Å². The molecule has 37 heavy (non-hydrogen) atoms. The highest BCUT2D eigenvalue weighted by Gasteiger charge is 2.40. The van der Waals surface area contributed by atoms with Crippen molar-refractivity contribution in [3.05, 3.63) is 53.8 Å². The van der Waals surface area contributed by atoms with Gasteiger partial charge in [0.1, 0.15) is 5.88 Å². The predicted molar refractivity (Wildman–Crippen MR) is 126 cm³/mol. The summed E-state index contributed by atoms with van der Waals surface area (Å²) in [6.45, 7) is -0.247. The lowest BCUT2D eigenvalue weighted by Gasteiger charge is -2.16. The maximum atomic E-state index is 13.4. The summed E-state index contributed by atoms with van der Waals surface area (Å²) in [5, 5.41) is 6.47. The molecule has 1 aliphatic heterocycles. The van der Waals surface area contributed by atoms with E-state index in [-0.39, 0.29) is 30.5 Å². The summed E-state index contributed by atoms with van der Waals surface area (Å²) >= 11 is 0. The van der Waals surface area contributed by atoms with Crippen LogP contribution in [0.25, 0.3) is 17.4 Å². The number of likely N-dealkylation sites (tertiary alicyclic amines) is 1. The summed E-state index contributed by atoms with van der Waals surface area (Å²) in [5.74, 6) is -3.40. The van der Waals surface area contributed by atoms with E-state index in [4.69, 9.17) is 10.2 Å². The lowest BCUT2D eigenvalue weighted by atomic mass is 10.1. The van der Waals surface area contributed by atoms with Crippen LogP contribution >= 0.6 is 0 Å². The minimum atomic E-state index is -3.94. The molecule has 3 aromatic heterocycles. The standard InChI is InChI=1S/C22H22F2N8O4S/c23-22(24)8-10-31(12-22)18(33)15-5-3-14(4-6-15)7-9-26-13-37(34,35)21-28-19(25)32-20(29-21)27-17(30-32)16-2-1-11-36-16/h1-6,11,26H,7-10,12-13H2,(H2,25,27,28,29,30). The number of hydrogen-bond acceptors (Lipinski definition) is 10. The van der Waals surface area contributed by atoms with Gasteiger partial charge in [0.15, 0.2) is 5.76 Å². The van der Waals surface area contributed by atoms with Gasteiger partial charge < -0.3 is 20.4 Å². The second kappa shape index (κ2) is 9.48. The first-order valence-corrected chi connectivity index (χ1v) is 12.9. The Morgan fingerprint density at radius 2 is 1.95 bits per heavy atom. The van der Waals surface area contributed by atoms with Crippen LogP contribution in [0.2, 0.25) is 0 Å². The molecule has 1 aliphatic rings. The first-order chi connectivity index (χ1) is 17.6. The number of sulfone groups is 1. The minimum Gasteiger partial charge on any atom is -0.461 e. The lowest BCUT2D eigenvalue weighted by molar-refractivity contribution is 0.0120. The molecule has 1 aromatic carbocycles. The van der Waals surface area contributed by atoms with E-state index in [2.05, 4.69) is 25.4 Å². The Labute approximate surface area is 209 Å². The summed E-state index contributed by atoms with van der Waals surface area (Å²) in [6.07, 6.45) is 1.58. The average Bonchev–Trinajstić information content (AvgIpc) is 3.61. The highest BCUT2D eigenvalue weighted by atomic mass is 32.2. The third-order valence-corrected chi connectivity index (χ3v) is 7.10. The average molecular weight is 533 g/mol. The molecule has 1 fully saturated rings. The molecular formula is C22H22F2N8O4S.